The molecule has 0 saturated heterocycles. The van der Waals surface area contributed by atoms with Crippen LogP contribution in [0, 0.1) is 0 Å². The van der Waals surface area contributed by atoms with Gasteiger partial charge in [-0.25, -0.2) is 8.42 Å². The molecule has 1 aromatic carbocycles. The quantitative estimate of drug-likeness (QED) is 0.864. The van der Waals surface area contributed by atoms with E-state index in [2.05, 4.69) is 6.07 Å². The van der Waals surface area contributed by atoms with Crippen molar-refractivity contribution in [2.75, 3.05) is 18.9 Å². The summed E-state index contributed by atoms with van der Waals surface area (Å²) in [6, 6.07) is 7.87. The van der Waals surface area contributed by atoms with E-state index in [1.54, 1.807) is 0 Å². The number of hydrogen-bond acceptors (Lipinski definition) is 3. The predicted molar refractivity (Wildman–Crippen MR) is 75.4 cm³/mol. The zero-order valence-corrected chi connectivity index (χ0v) is 12.1. The Morgan fingerprint density at radius 1 is 1.37 bits per heavy atom. The average molecular weight is 283 g/mol. The van der Waals surface area contributed by atoms with E-state index >= 15 is 0 Å². The van der Waals surface area contributed by atoms with Gasteiger partial charge < -0.3 is 5.11 Å². The Labute approximate surface area is 115 Å². The van der Waals surface area contributed by atoms with Gasteiger partial charge in [-0.2, -0.15) is 4.31 Å². The van der Waals surface area contributed by atoms with Crippen LogP contribution in [0.5, 0.6) is 0 Å². The van der Waals surface area contributed by atoms with Gasteiger partial charge >= 0.3 is 0 Å². The van der Waals surface area contributed by atoms with Crippen molar-refractivity contribution in [2.24, 2.45) is 0 Å². The standard InChI is InChI=1S/C14H21NO3S/c1-2-11-19(17,18)15(9-10-16)14-8-7-12-5-3-4-6-13(12)14/h3-6,14,16H,2,7-11H2,1H3. The van der Waals surface area contributed by atoms with Gasteiger partial charge in [0.15, 0.2) is 0 Å². The minimum atomic E-state index is -3.29. The fourth-order valence-corrected chi connectivity index (χ4v) is 4.51. The first-order chi connectivity index (χ1) is 9.10. The van der Waals surface area contributed by atoms with Crippen molar-refractivity contribution < 1.29 is 13.5 Å². The summed E-state index contributed by atoms with van der Waals surface area (Å²) in [5.74, 6) is 0.145. The van der Waals surface area contributed by atoms with Crippen LogP contribution in [0.25, 0.3) is 0 Å². The summed E-state index contributed by atoms with van der Waals surface area (Å²) in [5.41, 5.74) is 2.32. The minimum Gasteiger partial charge on any atom is -0.395 e. The highest BCUT2D eigenvalue weighted by atomic mass is 32.2. The molecular formula is C14H21NO3S. The highest BCUT2D eigenvalue weighted by molar-refractivity contribution is 7.89. The molecule has 19 heavy (non-hydrogen) atoms. The lowest BCUT2D eigenvalue weighted by molar-refractivity contribution is 0.225. The second kappa shape index (κ2) is 6.03. The van der Waals surface area contributed by atoms with Crippen molar-refractivity contribution in [3.63, 3.8) is 0 Å². The van der Waals surface area contributed by atoms with Crippen LogP contribution >= 0.6 is 0 Å². The fourth-order valence-electron chi connectivity index (χ4n) is 2.80. The lowest BCUT2D eigenvalue weighted by atomic mass is 10.1. The van der Waals surface area contributed by atoms with Gasteiger partial charge in [-0.05, 0) is 30.4 Å². The van der Waals surface area contributed by atoms with Gasteiger partial charge in [0, 0.05) is 6.54 Å². The van der Waals surface area contributed by atoms with E-state index < -0.39 is 10.0 Å². The van der Waals surface area contributed by atoms with E-state index in [0.717, 1.165) is 18.4 Å². The van der Waals surface area contributed by atoms with Crippen molar-refractivity contribution in [1.82, 2.24) is 4.31 Å². The zero-order valence-electron chi connectivity index (χ0n) is 11.2. The maximum atomic E-state index is 12.3. The molecule has 0 aliphatic heterocycles. The smallest absolute Gasteiger partial charge is 0.214 e. The molecule has 0 heterocycles. The molecule has 0 spiro atoms. The summed E-state index contributed by atoms with van der Waals surface area (Å²) in [6.07, 6.45) is 2.31. The van der Waals surface area contributed by atoms with E-state index in [1.165, 1.54) is 9.87 Å². The van der Waals surface area contributed by atoms with Crippen LogP contribution in [-0.4, -0.2) is 36.7 Å². The molecule has 0 amide bonds. The van der Waals surface area contributed by atoms with Gasteiger partial charge in [0.1, 0.15) is 0 Å². The Bertz CT molecular complexity index is 527. The molecule has 0 bridgehead atoms. The van der Waals surface area contributed by atoms with E-state index in [-0.39, 0.29) is 24.9 Å². The second-order valence-electron chi connectivity index (χ2n) is 4.90. The highest BCUT2D eigenvalue weighted by Crippen LogP contribution is 2.37. The lowest BCUT2D eigenvalue weighted by Gasteiger charge is -2.28. The summed E-state index contributed by atoms with van der Waals surface area (Å²) in [6.45, 7) is 1.90. The van der Waals surface area contributed by atoms with Crippen LogP contribution < -0.4 is 0 Å². The summed E-state index contributed by atoms with van der Waals surface area (Å²) in [4.78, 5) is 0. The summed E-state index contributed by atoms with van der Waals surface area (Å²) in [7, 11) is -3.29. The number of fused-ring (bicyclic) bond motifs is 1. The van der Waals surface area contributed by atoms with E-state index in [4.69, 9.17) is 0 Å². The van der Waals surface area contributed by atoms with Crippen LogP contribution in [0.4, 0.5) is 0 Å². The first kappa shape index (κ1) is 14.5. The number of hydrogen-bond donors (Lipinski definition) is 1. The predicted octanol–water partition coefficient (Wildman–Crippen LogP) is 1.71. The summed E-state index contributed by atoms with van der Waals surface area (Å²) < 4.78 is 26.2. The first-order valence-corrected chi connectivity index (χ1v) is 8.39. The van der Waals surface area contributed by atoms with E-state index in [1.807, 2.05) is 25.1 Å². The molecule has 0 aromatic heterocycles. The molecule has 1 unspecified atom stereocenters. The van der Waals surface area contributed by atoms with Crippen molar-refractivity contribution in [3.8, 4) is 0 Å². The molecule has 1 aromatic rings. The van der Waals surface area contributed by atoms with Crippen LogP contribution in [0.3, 0.4) is 0 Å². The number of sulfonamides is 1. The molecule has 2 rings (SSSR count). The number of aliphatic hydroxyl groups excluding tert-OH is 1. The van der Waals surface area contributed by atoms with Crippen molar-refractivity contribution in [2.45, 2.75) is 32.2 Å². The van der Waals surface area contributed by atoms with Gasteiger partial charge in [0.2, 0.25) is 10.0 Å². The Kier molecular flexibility index (Phi) is 4.60. The normalized spacial score (nSPS) is 18.8. The average Bonchev–Trinajstić information content (AvgIpc) is 2.79. The van der Waals surface area contributed by atoms with Crippen LogP contribution in [0.2, 0.25) is 0 Å². The Balaban J connectivity index is 2.32. The van der Waals surface area contributed by atoms with Crippen molar-refractivity contribution in [1.29, 1.82) is 0 Å². The topological polar surface area (TPSA) is 57.6 Å². The molecule has 4 nitrogen and oxygen atoms in total. The SMILES string of the molecule is CCCS(=O)(=O)N(CCO)C1CCc2ccccc21. The van der Waals surface area contributed by atoms with Gasteiger partial charge in [-0.1, -0.05) is 31.2 Å². The number of benzene rings is 1. The van der Waals surface area contributed by atoms with Gasteiger partial charge in [-0.15, -0.1) is 0 Å². The molecule has 0 fully saturated rings. The zero-order chi connectivity index (χ0) is 13.9. The number of aliphatic hydroxyl groups is 1. The highest BCUT2D eigenvalue weighted by Gasteiger charge is 2.34. The molecule has 0 saturated carbocycles. The number of nitrogens with zero attached hydrogens (tertiary/aromatic N) is 1. The Hall–Kier alpha value is -0.910. The first-order valence-electron chi connectivity index (χ1n) is 6.78. The number of rotatable bonds is 6. The number of aryl methyl sites for hydroxylation is 1. The molecule has 1 aliphatic carbocycles. The van der Waals surface area contributed by atoms with Crippen molar-refractivity contribution in [3.05, 3.63) is 35.4 Å². The Morgan fingerprint density at radius 2 is 2.11 bits per heavy atom. The minimum absolute atomic E-state index is 0.111. The molecule has 106 valence electrons. The lowest BCUT2D eigenvalue weighted by Crippen LogP contribution is -2.37. The molecule has 0 radical (unpaired) electrons. The van der Waals surface area contributed by atoms with E-state index in [9.17, 15) is 13.5 Å². The summed E-state index contributed by atoms with van der Waals surface area (Å²) >= 11 is 0. The summed E-state index contributed by atoms with van der Waals surface area (Å²) in [5, 5.41) is 9.17. The maximum absolute atomic E-state index is 12.3. The molecule has 1 atom stereocenters. The van der Waals surface area contributed by atoms with Gasteiger partial charge in [0.05, 0.1) is 18.4 Å². The van der Waals surface area contributed by atoms with E-state index in [0.29, 0.717) is 6.42 Å². The van der Waals surface area contributed by atoms with Gasteiger partial charge in [0.25, 0.3) is 0 Å². The van der Waals surface area contributed by atoms with Crippen LogP contribution in [0.15, 0.2) is 24.3 Å². The third kappa shape index (κ3) is 2.99. The molecular weight excluding hydrogens is 262 g/mol. The maximum Gasteiger partial charge on any atom is 0.214 e. The van der Waals surface area contributed by atoms with Crippen LogP contribution in [-0.2, 0) is 16.4 Å². The van der Waals surface area contributed by atoms with Gasteiger partial charge in [-0.3, -0.25) is 0 Å². The third-order valence-electron chi connectivity index (χ3n) is 3.59. The monoisotopic (exact) mass is 283 g/mol. The Morgan fingerprint density at radius 3 is 2.79 bits per heavy atom. The van der Waals surface area contributed by atoms with Crippen molar-refractivity contribution >= 4 is 10.0 Å². The molecule has 1 aliphatic rings. The molecule has 1 N–H and O–H groups in total. The molecule has 5 heteroatoms. The third-order valence-corrected chi connectivity index (χ3v) is 5.66. The fraction of sp³-hybridized carbons (Fsp3) is 0.571. The largest absolute Gasteiger partial charge is 0.395 e. The van der Waals surface area contributed by atoms with Crippen LogP contribution in [0.1, 0.15) is 36.9 Å². The second-order valence-corrected chi connectivity index (χ2v) is 6.94.